The van der Waals surface area contributed by atoms with Crippen LogP contribution in [0.25, 0.3) is 22.5 Å². The first-order chi connectivity index (χ1) is 17.6. The van der Waals surface area contributed by atoms with Crippen LogP contribution in [0.5, 0.6) is 11.5 Å². The molecule has 0 fully saturated rings. The summed E-state index contributed by atoms with van der Waals surface area (Å²) in [6, 6.07) is 11.0. The summed E-state index contributed by atoms with van der Waals surface area (Å²) < 4.78 is 112. The molecular formula is C24H18F6N2O5S. The Morgan fingerprint density at radius 2 is 1.63 bits per heavy atom. The van der Waals surface area contributed by atoms with Crippen LogP contribution in [0.1, 0.15) is 11.3 Å². The largest absolute Gasteiger partial charge is 0.457 e. The van der Waals surface area contributed by atoms with E-state index in [0.29, 0.717) is 22.4 Å². The number of benzene rings is 2. The normalized spacial score (nSPS) is 12.9. The van der Waals surface area contributed by atoms with Gasteiger partial charge in [0.2, 0.25) is 0 Å². The molecule has 0 bridgehead atoms. The molecule has 2 aliphatic rings. The molecular weight excluding hydrogens is 542 g/mol. The van der Waals surface area contributed by atoms with Gasteiger partial charge in [0.05, 0.1) is 17.2 Å². The van der Waals surface area contributed by atoms with Crippen LogP contribution >= 0.6 is 0 Å². The smallest absolute Gasteiger partial charge is 0.414 e. The van der Waals surface area contributed by atoms with Gasteiger partial charge in [0.25, 0.3) is 5.25 Å². The van der Waals surface area contributed by atoms with E-state index in [1.807, 2.05) is 0 Å². The summed E-state index contributed by atoms with van der Waals surface area (Å²) in [6.45, 7) is 1.11. The Morgan fingerprint density at radius 1 is 0.947 bits per heavy atom. The molecule has 2 N–H and O–H groups in total. The van der Waals surface area contributed by atoms with Crippen LogP contribution in [0, 0.1) is 6.92 Å². The number of nitrogens with zero attached hydrogens (tertiary/aromatic N) is 2. The Labute approximate surface area is 211 Å². The predicted molar refractivity (Wildman–Crippen MR) is 122 cm³/mol. The first-order valence-electron chi connectivity index (χ1n) is 10.7. The van der Waals surface area contributed by atoms with E-state index in [9.17, 15) is 45.1 Å². The molecule has 2 aliphatic heterocycles. The van der Waals surface area contributed by atoms with Crippen molar-refractivity contribution in [3.05, 3.63) is 72.1 Å². The summed E-state index contributed by atoms with van der Waals surface area (Å²) in [4.78, 5) is 2.75. The molecule has 0 saturated carbocycles. The summed E-state index contributed by atoms with van der Waals surface area (Å²) in [6.07, 6.45) is -11.0. The molecule has 0 amide bonds. The van der Waals surface area contributed by atoms with Gasteiger partial charge < -0.3 is 15.1 Å². The molecule has 7 nitrogen and oxygen atoms in total. The van der Waals surface area contributed by atoms with Crippen molar-refractivity contribution in [1.82, 2.24) is 9.71 Å². The minimum atomic E-state index is -6.13. The van der Waals surface area contributed by atoms with Crippen molar-refractivity contribution in [2.75, 3.05) is 0 Å². The van der Waals surface area contributed by atoms with Gasteiger partial charge in [-0.3, -0.25) is 0 Å². The van der Waals surface area contributed by atoms with Crippen LogP contribution in [0.3, 0.4) is 0 Å². The van der Waals surface area contributed by atoms with Gasteiger partial charge in [0.15, 0.2) is 15.7 Å². The number of hydrogen-bond acceptors (Lipinski definition) is 6. The standard InChI is InChI=1S/C24H18F6N2O5S/c1-13-9-18(17-7-8-31-21(17)32(13)34)19-11-16(38(35,36)22(23(25,26)27)24(28,29)30)5-6-20(19)37-15-4-2-3-14(10-15)12-33/h2-11,22,33-34H,12H2,1H3. The van der Waals surface area contributed by atoms with E-state index in [4.69, 9.17) is 4.74 Å². The van der Waals surface area contributed by atoms with Crippen molar-refractivity contribution in [3.63, 3.8) is 0 Å². The fraction of sp³-hybridized carbons (Fsp3) is 0.208. The predicted octanol–water partition coefficient (Wildman–Crippen LogP) is 5.75. The minimum Gasteiger partial charge on any atom is -0.457 e. The molecule has 0 unspecified atom stereocenters. The summed E-state index contributed by atoms with van der Waals surface area (Å²) in [5.74, 6) is 0.0377. The van der Waals surface area contributed by atoms with E-state index in [1.165, 1.54) is 43.5 Å². The number of aliphatic hydroxyl groups excluding tert-OH is 1. The van der Waals surface area contributed by atoms with Gasteiger partial charge in [-0.1, -0.05) is 12.1 Å². The molecule has 38 heavy (non-hydrogen) atoms. The Bertz CT molecular complexity index is 1550. The highest BCUT2D eigenvalue weighted by molar-refractivity contribution is 7.92. The third-order valence-electron chi connectivity index (χ3n) is 5.64. The zero-order valence-corrected chi connectivity index (χ0v) is 20.1. The minimum absolute atomic E-state index is 0.00458. The lowest BCUT2D eigenvalue weighted by molar-refractivity contribution is -0.226. The zero-order chi connectivity index (χ0) is 28.0. The first-order valence-corrected chi connectivity index (χ1v) is 12.2. The third kappa shape index (κ3) is 5.00. The van der Waals surface area contributed by atoms with Gasteiger partial charge in [-0.05, 0) is 60.5 Å². The number of aryl methyl sites for hydroxylation is 1. The first kappa shape index (κ1) is 27.3. The van der Waals surface area contributed by atoms with Crippen LogP contribution in [0.15, 0.2) is 65.7 Å². The van der Waals surface area contributed by atoms with Gasteiger partial charge in [0, 0.05) is 17.3 Å². The van der Waals surface area contributed by atoms with E-state index in [-0.39, 0.29) is 46.3 Å². The van der Waals surface area contributed by atoms with Crippen LogP contribution in [0.2, 0.25) is 0 Å². The van der Waals surface area contributed by atoms with Crippen molar-refractivity contribution in [1.29, 1.82) is 0 Å². The molecule has 4 rings (SSSR count). The van der Waals surface area contributed by atoms with E-state index in [1.54, 1.807) is 6.07 Å². The van der Waals surface area contributed by atoms with E-state index >= 15 is 0 Å². The summed E-state index contributed by atoms with van der Waals surface area (Å²) in [7, 11) is -6.01. The molecule has 2 heterocycles. The second-order valence-corrected chi connectivity index (χ2v) is 10.3. The van der Waals surface area contributed by atoms with Gasteiger partial charge >= 0.3 is 12.4 Å². The average Bonchev–Trinajstić information content (AvgIpc) is 3.30. The maximum Gasteiger partial charge on any atom is 0.414 e. The van der Waals surface area contributed by atoms with Gasteiger partial charge in [0.1, 0.15) is 11.5 Å². The van der Waals surface area contributed by atoms with E-state index in [2.05, 4.69) is 4.98 Å². The molecule has 0 atom stereocenters. The molecule has 0 saturated heterocycles. The summed E-state index contributed by atoms with van der Waals surface area (Å²) in [5.41, 5.74) is 0.786. The van der Waals surface area contributed by atoms with E-state index < -0.39 is 32.3 Å². The lowest BCUT2D eigenvalue weighted by Crippen LogP contribution is -2.48. The molecule has 0 aromatic heterocycles. The molecule has 0 spiro atoms. The van der Waals surface area contributed by atoms with Gasteiger partial charge in [-0.15, -0.1) is 0 Å². The maximum absolute atomic E-state index is 13.3. The van der Waals surface area contributed by atoms with Gasteiger partial charge in [-0.25, -0.2) is 13.4 Å². The Morgan fingerprint density at radius 3 is 2.26 bits per heavy atom. The molecule has 0 aliphatic carbocycles. The third-order valence-corrected chi connectivity index (χ3v) is 7.71. The number of sulfone groups is 1. The molecule has 0 radical (unpaired) electrons. The fourth-order valence-electron chi connectivity index (χ4n) is 3.94. The summed E-state index contributed by atoms with van der Waals surface area (Å²) >= 11 is 0. The lowest BCUT2D eigenvalue weighted by atomic mass is 9.98. The number of hydrogen-bond donors (Lipinski definition) is 2. The SMILES string of the molecule is Cc1cc(-c2cc(S(=O)(=O)C(C(F)(F)F)C(F)(F)F)ccc2Oc2cccc(CO)c2)c2ccnc-2n1O. The quantitative estimate of drug-likeness (QED) is 0.230. The highest BCUT2D eigenvalue weighted by atomic mass is 32.2. The molecule has 202 valence electrons. The van der Waals surface area contributed by atoms with Crippen LogP contribution < -0.4 is 4.74 Å². The van der Waals surface area contributed by atoms with Crippen molar-refractivity contribution < 1.29 is 49.8 Å². The lowest BCUT2D eigenvalue weighted by Gasteiger charge is -2.24. The van der Waals surface area contributed by atoms with Crippen molar-refractivity contribution >= 4 is 9.84 Å². The van der Waals surface area contributed by atoms with Crippen LogP contribution in [0.4, 0.5) is 26.3 Å². The maximum atomic E-state index is 13.3. The number of aromatic nitrogens is 2. The van der Waals surface area contributed by atoms with Crippen molar-refractivity contribution in [2.45, 2.75) is 36.0 Å². The number of pyridine rings is 1. The number of ether oxygens (including phenoxy) is 1. The average molecular weight is 560 g/mol. The molecule has 2 aromatic carbocycles. The van der Waals surface area contributed by atoms with Crippen molar-refractivity contribution in [3.8, 4) is 34.0 Å². The number of aliphatic hydroxyl groups is 1. The second-order valence-electron chi connectivity index (χ2n) is 8.27. The highest BCUT2D eigenvalue weighted by Gasteiger charge is 2.64. The van der Waals surface area contributed by atoms with Gasteiger partial charge in [-0.2, -0.15) is 31.1 Å². The Kier molecular flexibility index (Phi) is 6.82. The van der Waals surface area contributed by atoms with E-state index in [0.717, 1.165) is 6.07 Å². The second kappa shape index (κ2) is 9.51. The number of halogens is 6. The zero-order valence-electron chi connectivity index (χ0n) is 19.2. The highest BCUT2D eigenvalue weighted by Crippen LogP contribution is 2.45. The van der Waals surface area contributed by atoms with Crippen LogP contribution in [-0.2, 0) is 16.4 Å². The monoisotopic (exact) mass is 560 g/mol. The number of fused-ring (bicyclic) bond motifs is 1. The molecule has 14 heteroatoms. The topological polar surface area (TPSA) is 102 Å². The van der Waals surface area contributed by atoms with Crippen molar-refractivity contribution in [2.24, 2.45) is 0 Å². The molecule has 2 aromatic rings. The summed E-state index contributed by atoms with van der Waals surface area (Å²) in [5, 5.41) is 15.0. The Balaban J connectivity index is 1.97. The fourth-order valence-corrected chi connectivity index (χ4v) is 5.45. The number of rotatable bonds is 6. The number of alkyl halides is 6. The van der Waals surface area contributed by atoms with Crippen LogP contribution in [-0.4, -0.2) is 46.0 Å². The Hall–Kier alpha value is -3.78.